The lowest BCUT2D eigenvalue weighted by Gasteiger charge is -2.14. The van der Waals surface area contributed by atoms with Crippen molar-refractivity contribution >= 4 is 10.1 Å². The quantitative estimate of drug-likeness (QED) is 0.431. The lowest BCUT2D eigenvalue weighted by atomic mass is 10.0. The van der Waals surface area contributed by atoms with Gasteiger partial charge in [-0.2, -0.15) is 8.42 Å². The van der Waals surface area contributed by atoms with Crippen LogP contribution in [-0.4, -0.2) is 18.1 Å². The Bertz CT molecular complexity index is 797. The second-order valence-electron chi connectivity index (χ2n) is 6.33. The molecule has 142 valence electrons. The van der Waals surface area contributed by atoms with Gasteiger partial charge in [-0.3, -0.25) is 4.55 Å². The van der Waals surface area contributed by atoms with Gasteiger partial charge in [-0.15, -0.1) is 0 Å². The molecule has 0 unspecified atom stereocenters. The van der Waals surface area contributed by atoms with E-state index in [1.165, 1.54) is 37.5 Å². The lowest BCUT2D eigenvalue weighted by molar-refractivity contribution is 0.440. The minimum absolute atomic E-state index is 0.0905. The molecule has 26 heavy (non-hydrogen) atoms. The summed E-state index contributed by atoms with van der Waals surface area (Å²) in [5, 5.41) is 9.37. The number of unbranched alkanes of at least 4 members (excludes halogenated alkanes) is 5. The molecule has 5 nitrogen and oxygen atoms in total. The van der Waals surface area contributed by atoms with Crippen LogP contribution in [0.5, 0.6) is 17.2 Å². The normalized spacial score (nSPS) is 11.5. The molecule has 0 atom stereocenters. The Kier molecular flexibility index (Phi) is 7.48. The Hall–Kier alpha value is -2.05. The number of phenols is 1. The van der Waals surface area contributed by atoms with Crippen LogP contribution in [-0.2, 0) is 16.5 Å². The Morgan fingerprint density at radius 1 is 0.923 bits per heavy atom. The van der Waals surface area contributed by atoms with Crippen LogP contribution in [0.2, 0.25) is 0 Å². The third-order valence-electron chi connectivity index (χ3n) is 4.19. The molecule has 2 rings (SSSR count). The first kappa shape index (κ1) is 20.3. The minimum atomic E-state index is -4.40. The van der Waals surface area contributed by atoms with Gasteiger partial charge in [-0.25, -0.2) is 0 Å². The van der Waals surface area contributed by atoms with Crippen molar-refractivity contribution in [3.8, 4) is 17.2 Å². The Morgan fingerprint density at radius 3 is 2.23 bits per heavy atom. The van der Waals surface area contributed by atoms with Gasteiger partial charge in [-0.1, -0.05) is 51.2 Å². The molecule has 2 aromatic rings. The molecular formula is C20H26O5S. The molecule has 0 bridgehead atoms. The average Bonchev–Trinajstić information content (AvgIpc) is 2.60. The van der Waals surface area contributed by atoms with Crippen molar-refractivity contribution in [2.24, 2.45) is 0 Å². The van der Waals surface area contributed by atoms with Gasteiger partial charge >= 0.3 is 0 Å². The van der Waals surface area contributed by atoms with Gasteiger partial charge in [0.15, 0.2) is 5.75 Å². The predicted molar refractivity (Wildman–Crippen MR) is 102 cm³/mol. The molecule has 0 aromatic heterocycles. The average molecular weight is 378 g/mol. The number of phenolic OH excluding ortho intramolecular Hbond substituents is 1. The van der Waals surface area contributed by atoms with Crippen molar-refractivity contribution < 1.29 is 22.8 Å². The maximum absolute atomic E-state index is 11.7. The smallest absolute Gasteiger partial charge is 0.298 e. The van der Waals surface area contributed by atoms with Crippen LogP contribution in [0.25, 0.3) is 0 Å². The summed E-state index contributed by atoms with van der Waals surface area (Å²) in [6.45, 7) is 2.17. The Labute approximate surface area is 155 Å². The molecule has 0 heterocycles. The zero-order valence-corrected chi connectivity index (χ0v) is 15.8. The summed E-state index contributed by atoms with van der Waals surface area (Å²) < 4.78 is 38.8. The van der Waals surface area contributed by atoms with Crippen molar-refractivity contribution in [2.75, 3.05) is 0 Å². The summed E-state index contributed by atoms with van der Waals surface area (Å²) in [4.78, 5) is -0.242. The van der Waals surface area contributed by atoms with Crippen LogP contribution in [0, 0.1) is 0 Å². The molecule has 0 saturated heterocycles. The van der Waals surface area contributed by atoms with Gasteiger partial charge in [0.1, 0.15) is 16.4 Å². The van der Waals surface area contributed by atoms with E-state index in [1.807, 2.05) is 6.07 Å². The molecule has 0 saturated carbocycles. The highest BCUT2D eigenvalue weighted by Gasteiger charge is 2.20. The summed E-state index contributed by atoms with van der Waals surface area (Å²) in [6.07, 6.45) is 7.44. The van der Waals surface area contributed by atoms with Gasteiger partial charge < -0.3 is 9.84 Å². The maximum atomic E-state index is 11.7. The molecule has 0 aliphatic rings. The summed E-state index contributed by atoms with van der Waals surface area (Å²) in [6, 6.07) is 10.8. The molecule has 0 aliphatic heterocycles. The number of benzene rings is 2. The van der Waals surface area contributed by atoms with E-state index in [0.29, 0.717) is 12.2 Å². The Balaban J connectivity index is 2.19. The fraction of sp³-hybridized carbons (Fsp3) is 0.400. The Morgan fingerprint density at radius 2 is 1.58 bits per heavy atom. The monoisotopic (exact) mass is 378 g/mol. The van der Waals surface area contributed by atoms with Crippen molar-refractivity contribution in [2.45, 2.75) is 56.8 Å². The molecule has 6 heteroatoms. The van der Waals surface area contributed by atoms with Gasteiger partial charge in [-0.05, 0) is 48.7 Å². The van der Waals surface area contributed by atoms with E-state index in [1.54, 1.807) is 18.2 Å². The number of ether oxygens (including phenoxy) is 1. The number of aryl methyl sites for hydroxylation is 1. The zero-order chi connectivity index (χ0) is 19.0. The fourth-order valence-electron chi connectivity index (χ4n) is 2.80. The number of rotatable bonds is 10. The second kappa shape index (κ2) is 9.59. The molecule has 0 amide bonds. The molecule has 0 aliphatic carbocycles. The highest BCUT2D eigenvalue weighted by Crippen LogP contribution is 2.34. The van der Waals surface area contributed by atoms with E-state index in [2.05, 4.69) is 6.92 Å². The molecule has 2 N–H and O–H groups in total. The summed E-state index contributed by atoms with van der Waals surface area (Å²) in [5.41, 5.74) is 0.740. The van der Waals surface area contributed by atoms with Crippen LogP contribution in [0.1, 0.15) is 51.0 Å². The number of hydrogen-bond donors (Lipinski definition) is 2. The van der Waals surface area contributed by atoms with Gasteiger partial charge in [0, 0.05) is 0 Å². The van der Waals surface area contributed by atoms with Crippen molar-refractivity contribution in [1.82, 2.24) is 0 Å². The van der Waals surface area contributed by atoms with E-state index in [4.69, 9.17) is 4.74 Å². The van der Waals surface area contributed by atoms with Crippen LogP contribution < -0.4 is 4.74 Å². The van der Waals surface area contributed by atoms with Crippen molar-refractivity contribution in [1.29, 1.82) is 0 Å². The number of para-hydroxylation sites is 1. The summed E-state index contributed by atoms with van der Waals surface area (Å²) >= 11 is 0. The topological polar surface area (TPSA) is 83.8 Å². The largest absolute Gasteiger partial charge is 0.508 e. The van der Waals surface area contributed by atoms with E-state index >= 15 is 0 Å². The van der Waals surface area contributed by atoms with E-state index in [9.17, 15) is 18.1 Å². The van der Waals surface area contributed by atoms with Crippen LogP contribution in [0.4, 0.5) is 0 Å². The molecule has 0 radical (unpaired) electrons. The molecular weight excluding hydrogens is 352 g/mol. The predicted octanol–water partition coefficient (Wildman–Crippen LogP) is 5.33. The highest BCUT2D eigenvalue weighted by atomic mass is 32.2. The standard InChI is InChI=1S/C20H26O5S/c1-2-3-4-5-6-7-9-16-10-8-11-19(26(22,23)24)20(16)25-18-14-12-17(21)13-15-18/h8,10-15,21H,2-7,9H2,1H3,(H,22,23,24). The third kappa shape index (κ3) is 6.04. The van der Waals surface area contributed by atoms with E-state index < -0.39 is 10.1 Å². The number of hydrogen-bond acceptors (Lipinski definition) is 4. The second-order valence-corrected chi connectivity index (χ2v) is 7.72. The summed E-state index contributed by atoms with van der Waals surface area (Å²) in [7, 11) is -4.40. The summed E-state index contributed by atoms with van der Waals surface area (Å²) in [5.74, 6) is 0.630. The van der Waals surface area contributed by atoms with Gasteiger partial charge in [0.05, 0.1) is 0 Å². The van der Waals surface area contributed by atoms with Crippen molar-refractivity contribution in [3.05, 3.63) is 48.0 Å². The van der Waals surface area contributed by atoms with Crippen molar-refractivity contribution in [3.63, 3.8) is 0 Å². The van der Waals surface area contributed by atoms with Crippen LogP contribution in [0.3, 0.4) is 0 Å². The van der Waals surface area contributed by atoms with Gasteiger partial charge in [0.25, 0.3) is 10.1 Å². The first-order chi connectivity index (χ1) is 12.4. The highest BCUT2D eigenvalue weighted by molar-refractivity contribution is 7.86. The molecule has 0 fully saturated rings. The maximum Gasteiger partial charge on any atom is 0.298 e. The zero-order valence-electron chi connectivity index (χ0n) is 15.0. The SMILES string of the molecule is CCCCCCCCc1cccc(S(=O)(=O)O)c1Oc1ccc(O)cc1. The van der Waals surface area contributed by atoms with E-state index in [0.717, 1.165) is 24.8 Å². The first-order valence-electron chi connectivity index (χ1n) is 8.98. The number of aromatic hydroxyl groups is 1. The third-order valence-corrected chi connectivity index (χ3v) is 5.07. The van der Waals surface area contributed by atoms with Crippen LogP contribution >= 0.6 is 0 Å². The van der Waals surface area contributed by atoms with Crippen LogP contribution in [0.15, 0.2) is 47.4 Å². The van der Waals surface area contributed by atoms with E-state index in [-0.39, 0.29) is 16.4 Å². The first-order valence-corrected chi connectivity index (χ1v) is 10.4. The fourth-order valence-corrected chi connectivity index (χ4v) is 3.46. The molecule has 2 aromatic carbocycles. The lowest BCUT2D eigenvalue weighted by Crippen LogP contribution is -2.04. The molecule has 0 spiro atoms. The van der Waals surface area contributed by atoms with Gasteiger partial charge in [0.2, 0.25) is 0 Å². The minimum Gasteiger partial charge on any atom is -0.508 e.